The van der Waals surface area contributed by atoms with Gasteiger partial charge in [-0.15, -0.1) is 0 Å². The fourth-order valence-corrected chi connectivity index (χ4v) is 2.05. The molecule has 0 unspecified atom stereocenters. The lowest BCUT2D eigenvalue weighted by Gasteiger charge is -2.32. The largest absolute Gasteiger partial charge is 0.380 e. The minimum absolute atomic E-state index is 0.392. The van der Waals surface area contributed by atoms with Crippen LogP contribution in [0.5, 0.6) is 0 Å². The first-order valence-electron chi connectivity index (χ1n) is 5.69. The van der Waals surface area contributed by atoms with E-state index in [0.29, 0.717) is 18.2 Å². The van der Waals surface area contributed by atoms with E-state index in [9.17, 15) is 0 Å². The first kappa shape index (κ1) is 12.0. The molecule has 14 heavy (non-hydrogen) atoms. The summed E-state index contributed by atoms with van der Waals surface area (Å²) in [5, 5.41) is 3.51. The molecule has 0 aromatic carbocycles. The van der Waals surface area contributed by atoms with Crippen molar-refractivity contribution < 1.29 is 9.47 Å². The molecule has 0 aromatic heterocycles. The van der Waals surface area contributed by atoms with E-state index in [2.05, 4.69) is 19.2 Å². The first-order valence-corrected chi connectivity index (χ1v) is 5.69. The smallest absolute Gasteiger partial charge is 0.0590 e. The molecule has 0 spiro atoms. The summed E-state index contributed by atoms with van der Waals surface area (Å²) < 4.78 is 11.0. The zero-order valence-corrected chi connectivity index (χ0v) is 9.58. The summed E-state index contributed by atoms with van der Waals surface area (Å²) in [6.07, 6.45) is 3.03. The summed E-state index contributed by atoms with van der Waals surface area (Å²) in [5.74, 6) is 0. The van der Waals surface area contributed by atoms with E-state index in [4.69, 9.17) is 9.47 Å². The van der Waals surface area contributed by atoms with Crippen molar-refractivity contribution in [3.8, 4) is 0 Å². The van der Waals surface area contributed by atoms with E-state index in [1.165, 1.54) is 0 Å². The maximum Gasteiger partial charge on any atom is 0.0590 e. The van der Waals surface area contributed by atoms with Gasteiger partial charge in [0.1, 0.15) is 0 Å². The summed E-state index contributed by atoms with van der Waals surface area (Å²) in [6, 6.07) is 0.606. The summed E-state index contributed by atoms with van der Waals surface area (Å²) in [7, 11) is 0. The number of hydrogen-bond donors (Lipinski definition) is 1. The van der Waals surface area contributed by atoms with Gasteiger partial charge in [-0.2, -0.15) is 0 Å². The molecule has 1 aliphatic heterocycles. The molecule has 0 bridgehead atoms. The van der Waals surface area contributed by atoms with E-state index in [1.807, 2.05) is 6.92 Å². The molecule has 1 N–H and O–H groups in total. The highest BCUT2D eigenvalue weighted by molar-refractivity contribution is 4.78. The Morgan fingerprint density at radius 3 is 2.50 bits per heavy atom. The zero-order valence-electron chi connectivity index (χ0n) is 9.58. The van der Waals surface area contributed by atoms with Crippen LogP contribution in [0.1, 0.15) is 33.6 Å². The Kier molecular flexibility index (Phi) is 5.45. The van der Waals surface area contributed by atoms with Crippen molar-refractivity contribution in [1.82, 2.24) is 5.32 Å². The molecule has 1 heterocycles. The Balaban J connectivity index is 2.10. The summed E-state index contributed by atoms with van der Waals surface area (Å²) in [4.78, 5) is 0. The summed E-state index contributed by atoms with van der Waals surface area (Å²) in [5.41, 5.74) is 0. The van der Waals surface area contributed by atoms with Crippen LogP contribution in [-0.2, 0) is 9.47 Å². The molecule has 1 saturated heterocycles. The maximum atomic E-state index is 5.67. The van der Waals surface area contributed by atoms with Gasteiger partial charge in [0.25, 0.3) is 0 Å². The van der Waals surface area contributed by atoms with E-state index >= 15 is 0 Å². The van der Waals surface area contributed by atoms with E-state index in [1.54, 1.807) is 0 Å². The Labute approximate surface area is 87.2 Å². The topological polar surface area (TPSA) is 30.5 Å². The molecule has 3 nitrogen and oxygen atoms in total. The predicted molar refractivity (Wildman–Crippen MR) is 57.5 cm³/mol. The van der Waals surface area contributed by atoms with E-state index < -0.39 is 0 Å². The van der Waals surface area contributed by atoms with Crippen LogP contribution in [0.25, 0.3) is 0 Å². The lowest BCUT2D eigenvalue weighted by atomic mass is 10.00. The summed E-state index contributed by atoms with van der Waals surface area (Å²) >= 11 is 0. The van der Waals surface area contributed by atoms with Gasteiger partial charge in [0.15, 0.2) is 0 Å². The number of rotatable bonds is 5. The van der Waals surface area contributed by atoms with Crippen molar-refractivity contribution in [3.63, 3.8) is 0 Å². The standard InChI is InChI=1S/C11H23NO2/c1-4-13-6-5-12-11-7-9(2)14-10(3)8-11/h9-12H,4-8H2,1-3H3/t9-,10-/m0/s1. The molecule has 0 aliphatic carbocycles. The van der Waals surface area contributed by atoms with Gasteiger partial charge in [-0.05, 0) is 33.6 Å². The third-order valence-electron chi connectivity index (χ3n) is 2.58. The average molecular weight is 201 g/mol. The molecular weight excluding hydrogens is 178 g/mol. The highest BCUT2D eigenvalue weighted by Gasteiger charge is 2.23. The van der Waals surface area contributed by atoms with Gasteiger partial charge in [0, 0.05) is 19.2 Å². The van der Waals surface area contributed by atoms with Crippen molar-refractivity contribution in [3.05, 3.63) is 0 Å². The van der Waals surface area contributed by atoms with Crippen LogP contribution < -0.4 is 5.32 Å². The summed E-state index contributed by atoms with van der Waals surface area (Å²) in [6.45, 7) is 8.90. The molecule has 1 rings (SSSR count). The zero-order chi connectivity index (χ0) is 10.4. The number of hydrogen-bond acceptors (Lipinski definition) is 3. The first-order chi connectivity index (χ1) is 6.72. The molecule has 0 radical (unpaired) electrons. The second-order valence-electron chi connectivity index (χ2n) is 4.08. The number of nitrogens with one attached hydrogen (secondary N) is 1. The van der Waals surface area contributed by atoms with Gasteiger partial charge >= 0.3 is 0 Å². The minimum atomic E-state index is 0.392. The second kappa shape index (κ2) is 6.38. The highest BCUT2D eigenvalue weighted by atomic mass is 16.5. The van der Waals surface area contributed by atoms with Crippen LogP contribution in [0, 0.1) is 0 Å². The normalized spacial score (nSPS) is 33.2. The SMILES string of the molecule is CCOCCNC1C[C@H](C)O[C@@H](C)C1. The molecule has 1 aliphatic rings. The van der Waals surface area contributed by atoms with Gasteiger partial charge in [0.05, 0.1) is 18.8 Å². The average Bonchev–Trinajstić information content (AvgIpc) is 2.11. The van der Waals surface area contributed by atoms with Crippen molar-refractivity contribution in [2.24, 2.45) is 0 Å². The van der Waals surface area contributed by atoms with Crippen LogP contribution in [0.15, 0.2) is 0 Å². The maximum absolute atomic E-state index is 5.67. The van der Waals surface area contributed by atoms with Gasteiger partial charge in [-0.1, -0.05) is 0 Å². The second-order valence-corrected chi connectivity index (χ2v) is 4.08. The molecule has 1 fully saturated rings. The molecule has 0 amide bonds. The fraction of sp³-hybridized carbons (Fsp3) is 1.00. The van der Waals surface area contributed by atoms with Gasteiger partial charge in [0.2, 0.25) is 0 Å². The van der Waals surface area contributed by atoms with Gasteiger partial charge in [-0.3, -0.25) is 0 Å². The molecule has 0 saturated carbocycles. The monoisotopic (exact) mass is 201 g/mol. The molecule has 84 valence electrons. The lowest BCUT2D eigenvalue weighted by Crippen LogP contribution is -2.42. The highest BCUT2D eigenvalue weighted by Crippen LogP contribution is 2.18. The Hall–Kier alpha value is -0.120. The van der Waals surface area contributed by atoms with Gasteiger partial charge < -0.3 is 14.8 Å². The molecule has 2 atom stereocenters. The van der Waals surface area contributed by atoms with Crippen molar-refractivity contribution in [2.45, 2.75) is 51.9 Å². The predicted octanol–water partition coefficient (Wildman–Crippen LogP) is 1.57. The Morgan fingerprint density at radius 2 is 1.93 bits per heavy atom. The Morgan fingerprint density at radius 1 is 1.29 bits per heavy atom. The molecule has 3 heteroatoms. The van der Waals surface area contributed by atoms with Crippen LogP contribution in [0.3, 0.4) is 0 Å². The lowest BCUT2D eigenvalue weighted by molar-refractivity contribution is -0.0427. The van der Waals surface area contributed by atoms with E-state index in [-0.39, 0.29) is 0 Å². The fourth-order valence-electron chi connectivity index (χ4n) is 2.05. The van der Waals surface area contributed by atoms with Crippen LogP contribution in [0.4, 0.5) is 0 Å². The molecular formula is C11H23NO2. The van der Waals surface area contributed by atoms with Crippen molar-refractivity contribution in [1.29, 1.82) is 0 Å². The van der Waals surface area contributed by atoms with Crippen LogP contribution >= 0.6 is 0 Å². The van der Waals surface area contributed by atoms with Crippen molar-refractivity contribution in [2.75, 3.05) is 19.8 Å². The minimum Gasteiger partial charge on any atom is -0.380 e. The van der Waals surface area contributed by atoms with Crippen LogP contribution in [0.2, 0.25) is 0 Å². The Bertz CT molecular complexity index is 142. The third kappa shape index (κ3) is 4.40. The quantitative estimate of drug-likeness (QED) is 0.685. The van der Waals surface area contributed by atoms with Crippen molar-refractivity contribution >= 4 is 0 Å². The van der Waals surface area contributed by atoms with Crippen LogP contribution in [-0.4, -0.2) is 38.0 Å². The van der Waals surface area contributed by atoms with Gasteiger partial charge in [-0.25, -0.2) is 0 Å². The number of ether oxygens (including phenoxy) is 2. The third-order valence-corrected chi connectivity index (χ3v) is 2.58. The van der Waals surface area contributed by atoms with E-state index in [0.717, 1.165) is 32.6 Å². The molecule has 0 aromatic rings.